The lowest BCUT2D eigenvalue weighted by Gasteiger charge is -2.34. The number of allylic oxidation sites excluding steroid dienone is 1. The molecule has 0 spiro atoms. The number of likely N-dealkylation sites (tertiary alicyclic amines) is 1. The Bertz CT molecular complexity index is 1150. The quantitative estimate of drug-likeness (QED) is 0.294. The Morgan fingerprint density at radius 3 is 2.15 bits per heavy atom. The predicted molar refractivity (Wildman–Crippen MR) is 141 cm³/mol. The Morgan fingerprint density at radius 2 is 1.66 bits per heavy atom. The summed E-state index contributed by atoms with van der Waals surface area (Å²) in [5, 5.41) is 0. The van der Waals surface area contributed by atoms with Gasteiger partial charge in [0.1, 0.15) is 29.1 Å². The maximum atomic E-state index is 14.8. The molecule has 230 valence electrons. The standard InChI is InChI=1S/C29H39F5N2O5/c1-17(2)9-10-39-28(29(32,33)34)15-23(35(16-28)25(38)41-26(4,5)6)24-22(36(18(3)37)27(7,8)40-24)13-19-11-20(30)14-21(31)12-19/h9,11-12,14,22-24H,10,13,15-16H2,1-8H3/t22-,23+,24-,28+/m0/s1. The summed E-state index contributed by atoms with van der Waals surface area (Å²) in [6.07, 6.45) is -6.40. The molecule has 2 aliphatic heterocycles. The third-order valence-corrected chi connectivity index (χ3v) is 7.16. The highest BCUT2D eigenvalue weighted by atomic mass is 19.4. The van der Waals surface area contributed by atoms with Crippen LogP contribution in [0, 0.1) is 11.6 Å². The lowest BCUT2D eigenvalue weighted by molar-refractivity contribution is -0.269. The SMILES string of the molecule is CC(=O)N1[C@@H](Cc2cc(F)cc(F)c2)[C@@H]([C@H]2C[C@](OCC=C(C)C)(C(F)(F)F)CN2C(=O)OC(C)(C)C)OC1(C)C. The van der Waals surface area contributed by atoms with Gasteiger partial charge in [-0.05, 0) is 72.6 Å². The molecule has 0 bridgehead atoms. The third kappa shape index (κ3) is 7.38. The number of amides is 2. The summed E-state index contributed by atoms with van der Waals surface area (Å²) in [7, 11) is 0. The minimum atomic E-state index is -4.88. The van der Waals surface area contributed by atoms with Gasteiger partial charge >= 0.3 is 12.3 Å². The maximum absolute atomic E-state index is 14.8. The monoisotopic (exact) mass is 590 g/mol. The molecule has 41 heavy (non-hydrogen) atoms. The van der Waals surface area contributed by atoms with Crippen LogP contribution in [0.4, 0.5) is 26.7 Å². The van der Waals surface area contributed by atoms with Gasteiger partial charge in [-0.3, -0.25) is 9.69 Å². The van der Waals surface area contributed by atoms with E-state index in [0.29, 0.717) is 6.07 Å². The molecule has 1 aromatic rings. The van der Waals surface area contributed by atoms with Crippen LogP contribution in [0.1, 0.15) is 67.4 Å². The molecule has 0 N–H and O–H groups in total. The van der Waals surface area contributed by atoms with E-state index in [2.05, 4.69) is 0 Å². The van der Waals surface area contributed by atoms with Crippen molar-refractivity contribution in [1.82, 2.24) is 9.80 Å². The van der Waals surface area contributed by atoms with Crippen molar-refractivity contribution in [2.45, 2.75) is 110 Å². The number of nitrogens with zero attached hydrogens (tertiary/aromatic N) is 2. The van der Waals surface area contributed by atoms with Crippen molar-refractivity contribution in [1.29, 1.82) is 0 Å². The fourth-order valence-electron chi connectivity index (χ4n) is 5.62. The van der Waals surface area contributed by atoms with E-state index in [9.17, 15) is 31.5 Å². The number of ether oxygens (including phenoxy) is 3. The second-order valence-corrected chi connectivity index (χ2v) is 12.4. The van der Waals surface area contributed by atoms with Gasteiger partial charge in [-0.2, -0.15) is 13.2 Å². The fraction of sp³-hybridized carbons (Fsp3) is 0.655. The lowest BCUT2D eigenvalue weighted by atomic mass is 9.90. The molecule has 0 aliphatic carbocycles. The molecule has 2 heterocycles. The Balaban J connectivity index is 2.13. The molecule has 1 aromatic carbocycles. The number of halogens is 5. The summed E-state index contributed by atoms with van der Waals surface area (Å²) < 4.78 is 89.6. The van der Waals surface area contributed by atoms with Crippen LogP contribution < -0.4 is 0 Å². The summed E-state index contributed by atoms with van der Waals surface area (Å²) in [6, 6.07) is 0.645. The van der Waals surface area contributed by atoms with Crippen molar-refractivity contribution in [2.75, 3.05) is 13.2 Å². The third-order valence-electron chi connectivity index (χ3n) is 7.16. The first kappa shape index (κ1) is 32.8. The van der Waals surface area contributed by atoms with E-state index in [1.807, 2.05) is 0 Å². The molecule has 7 nitrogen and oxygen atoms in total. The van der Waals surface area contributed by atoms with E-state index in [1.54, 1.807) is 48.5 Å². The Labute approximate surface area is 237 Å². The van der Waals surface area contributed by atoms with Crippen LogP contribution >= 0.6 is 0 Å². The van der Waals surface area contributed by atoms with Crippen molar-refractivity contribution in [2.24, 2.45) is 0 Å². The zero-order valence-electron chi connectivity index (χ0n) is 24.7. The highest BCUT2D eigenvalue weighted by molar-refractivity contribution is 5.75. The zero-order chi connectivity index (χ0) is 31.1. The van der Waals surface area contributed by atoms with Crippen LogP contribution in [0.5, 0.6) is 0 Å². The first-order valence-corrected chi connectivity index (χ1v) is 13.4. The van der Waals surface area contributed by atoms with Gasteiger partial charge in [0, 0.05) is 19.4 Å². The number of hydrogen-bond donors (Lipinski definition) is 0. The van der Waals surface area contributed by atoms with Crippen LogP contribution in [0.25, 0.3) is 0 Å². The summed E-state index contributed by atoms with van der Waals surface area (Å²) in [6.45, 7) is 11.4. The second kappa shape index (κ2) is 11.5. The minimum absolute atomic E-state index is 0.140. The van der Waals surface area contributed by atoms with Gasteiger partial charge in [0.2, 0.25) is 5.91 Å². The van der Waals surface area contributed by atoms with Crippen molar-refractivity contribution in [3.63, 3.8) is 0 Å². The van der Waals surface area contributed by atoms with E-state index >= 15 is 0 Å². The molecule has 0 unspecified atom stereocenters. The van der Waals surface area contributed by atoms with Crippen LogP contribution in [0.15, 0.2) is 29.8 Å². The fourth-order valence-corrected chi connectivity index (χ4v) is 5.62. The highest BCUT2D eigenvalue weighted by Gasteiger charge is 2.66. The largest absolute Gasteiger partial charge is 0.444 e. The molecular formula is C29H39F5N2O5. The molecule has 2 fully saturated rings. The van der Waals surface area contributed by atoms with Crippen molar-refractivity contribution in [3.8, 4) is 0 Å². The Morgan fingerprint density at radius 1 is 1.07 bits per heavy atom. The molecule has 12 heteroatoms. The van der Waals surface area contributed by atoms with E-state index in [1.165, 1.54) is 17.9 Å². The zero-order valence-corrected chi connectivity index (χ0v) is 24.7. The first-order valence-electron chi connectivity index (χ1n) is 13.4. The number of hydrogen-bond acceptors (Lipinski definition) is 5. The topological polar surface area (TPSA) is 68.3 Å². The van der Waals surface area contributed by atoms with Gasteiger partial charge in [-0.15, -0.1) is 0 Å². The van der Waals surface area contributed by atoms with Gasteiger partial charge < -0.3 is 19.1 Å². The van der Waals surface area contributed by atoms with E-state index in [4.69, 9.17) is 14.2 Å². The number of rotatable bonds is 6. The molecule has 0 saturated carbocycles. The van der Waals surface area contributed by atoms with Crippen molar-refractivity contribution >= 4 is 12.0 Å². The van der Waals surface area contributed by atoms with Gasteiger partial charge in [0.25, 0.3) is 0 Å². The smallest absolute Gasteiger partial charge is 0.419 e. The van der Waals surface area contributed by atoms with Crippen LogP contribution in [-0.4, -0.2) is 76.2 Å². The second-order valence-electron chi connectivity index (χ2n) is 12.4. The number of carbonyl (C=O) groups is 2. The average Bonchev–Trinajstić information content (AvgIpc) is 3.27. The Kier molecular flexibility index (Phi) is 9.20. The van der Waals surface area contributed by atoms with Gasteiger partial charge in [-0.1, -0.05) is 11.6 Å². The maximum Gasteiger partial charge on any atom is 0.419 e. The van der Waals surface area contributed by atoms with Crippen molar-refractivity contribution in [3.05, 3.63) is 47.0 Å². The highest BCUT2D eigenvalue weighted by Crippen LogP contribution is 2.48. The number of carbonyl (C=O) groups excluding carboxylic acids is 2. The van der Waals surface area contributed by atoms with Crippen molar-refractivity contribution < 1.29 is 45.8 Å². The normalized spacial score (nSPS) is 26.3. The van der Waals surface area contributed by atoms with Gasteiger partial charge in [0.05, 0.1) is 25.2 Å². The molecule has 0 radical (unpaired) electrons. The first-order chi connectivity index (χ1) is 18.7. The van der Waals surface area contributed by atoms with E-state index < -0.39 is 77.9 Å². The number of benzene rings is 1. The van der Waals surface area contributed by atoms with E-state index in [0.717, 1.165) is 22.6 Å². The predicted octanol–water partition coefficient (Wildman–Crippen LogP) is 6.15. The molecule has 4 atom stereocenters. The van der Waals surface area contributed by atoms with Crippen LogP contribution in [0.3, 0.4) is 0 Å². The lowest BCUT2D eigenvalue weighted by Crippen LogP contribution is -2.52. The molecule has 3 rings (SSSR count). The molecule has 0 aromatic heterocycles. The molecule has 2 aliphatic rings. The molecule has 2 saturated heterocycles. The Hall–Kier alpha value is -2.73. The summed E-state index contributed by atoms with van der Waals surface area (Å²) in [5.74, 6) is -2.14. The molecule has 2 amide bonds. The van der Waals surface area contributed by atoms with E-state index in [-0.39, 0.29) is 18.6 Å². The van der Waals surface area contributed by atoms with Crippen LogP contribution in [-0.2, 0) is 25.4 Å². The minimum Gasteiger partial charge on any atom is -0.444 e. The average molecular weight is 591 g/mol. The number of alkyl halides is 3. The summed E-state index contributed by atoms with van der Waals surface area (Å²) >= 11 is 0. The summed E-state index contributed by atoms with van der Waals surface area (Å²) in [5.41, 5.74) is -4.16. The van der Waals surface area contributed by atoms with Gasteiger partial charge in [0.15, 0.2) is 5.60 Å². The van der Waals surface area contributed by atoms with Gasteiger partial charge in [-0.25, -0.2) is 13.6 Å². The van der Waals surface area contributed by atoms with Crippen LogP contribution in [0.2, 0.25) is 0 Å². The molecular weight excluding hydrogens is 551 g/mol. The summed E-state index contributed by atoms with van der Waals surface area (Å²) in [4.78, 5) is 28.5.